The maximum absolute atomic E-state index is 12.3. The van der Waals surface area contributed by atoms with Gasteiger partial charge in [-0.3, -0.25) is 4.79 Å². The van der Waals surface area contributed by atoms with E-state index < -0.39 is 6.10 Å². The van der Waals surface area contributed by atoms with Gasteiger partial charge in [0.2, 0.25) is 6.10 Å². The van der Waals surface area contributed by atoms with Crippen LogP contribution in [0.1, 0.15) is 31.2 Å². The number of carbonyl (C=O) groups is 1. The maximum Gasteiger partial charge on any atom is 0.266 e. The van der Waals surface area contributed by atoms with E-state index in [-0.39, 0.29) is 5.91 Å². The molecule has 2 heterocycles. The summed E-state index contributed by atoms with van der Waals surface area (Å²) in [7, 11) is 0. The van der Waals surface area contributed by atoms with Crippen LogP contribution in [0.4, 0.5) is 0 Å². The smallest absolute Gasteiger partial charge is 0.266 e. The van der Waals surface area contributed by atoms with Gasteiger partial charge in [-0.25, -0.2) is 0 Å². The Balaban J connectivity index is 1.63. The van der Waals surface area contributed by atoms with Crippen LogP contribution in [0.2, 0.25) is 0 Å². The highest BCUT2D eigenvalue weighted by molar-refractivity contribution is 6.04. The van der Waals surface area contributed by atoms with Crippen molar-refractivity contribution in [1.82, 2.24) is 4.90 Å². The average Bonchev–Trinajstić information content (AvgIpc) is 2.98. The molecule has 0 unspecified atom stereocenters. The van der Waals surface area contributed by atoms with Gasteiger partial charge in [0.25, 0.3) is 5.91 Å². The van der Waals surface area contributed by atoms with Crippen LogP contribution in [0.3, 0.4) is 0 Å². The monoisotopic (exact) mass is 258 g/mol. The van der Waals surface area contributed by atoms with Gasteiger partial charge in [-0.2, -0.15) is 0 Å². The van der Waals surface area contributed by atoms with E-state index in [0.717, 1.165) is 37.2 Å². The number of amides is 1. The van der Waals surface area contributed by atoms with Gasteiger partial charge in [0.05, 0.1) is 5.71 Å². The van der Waals surface area contributed by atoms with Gasteiger partial charge in [-0.1, -0.05) is 35.5 Å². The van der Waals surface area contributed by atoms with Crippen molar-refractivity contribution in [2.24, 2.45) is 5.16 Å². The zero-order valence-electron chi connectivity index (χ0n) is 10.9. The second-order valence-corrected chi connectivity index (χ2v) is 5.09. The summed E-state index contributed by atoms with van der Waals surface area (Å²) >= 11 is 0. The Labute approximate surface area is 113 Å². The number of hydrogen-bond donors (Lipinski definition) is 0. The van der Waals surface area contributed by atoms with E-state index in [1.807, 2.05) is 35.2 Å². The highest BCUT2D eigenvalue weighted by Gasteiger charge is 2.32. The van der Waals surface area contributed by atoms with Crippen molar-refractivity contribution in [3.8, 4) is 0 Å². The average molecular weight is 258 g/mol. The van der Waals surface area contributed by atoms with Gasteiger partial charge in [0.1, 0.15) is 0 Å². The van der Waals surface area contributed by atoms with Gasteiger partial charge < -0.3 is 9.74 Å². The van der Waals surface area contributed by atoms with Crippen molar-refractivity contribution >= 4 is 11.6 Å². The van der Waals surface area contributed by atoms with Crippen LogP contribution in [0.15, 0.2) is 35.5 Å². The lowest BCUT2D eigenvalue weighted by atomic mass is 10.0. The van der Waals surface area contributed by atoms with Crippen molar-refractivity contribution in [3.63, 3.8) is 0 Å². The minimum atomic E-state index is -0.423. The summed E-state index contributed by atoms with van der Waals surface area (Å²) in [6.07, 6.45) is 3.59. The van der Waals surface area contributed by atoms with Crippen LogP contribution in [0.5, 0.6) is 0 Å². The lowest BCUT2D eigenvalue weighted by Gasteiger charge is -2.28. The van der Waals surface area contributed by atoms with Crippen molar-refractivity contribution in [1.29, 1.82) is 0 Å². The van der Waals surface area contributed by atoms with Crippen LogP contribution in [-0.2, 0) is 9.63 Å². The molecule has 1 fully saturated rings. The fourth-order valence-corrected chi connectivity index (χ4v) is 2.63. The van der Waals surface area contributed by atoms with Gasteiger partial charge >= 0.3 is 0 Å². The quantitative estimate of drug-likeness (QED) is 0.816. The molecule has 1 aromatic carbocycles. The third-order valence-corrected chi connectivity index (χ3v) is 3.72. The summed E-state index contributed by atoms with van der Waals surface area (Å²) in [5, 5.41) is 4.07. The molecule has 1 atom stereocenters. The summed E-state index contributed by atoms with van der Waals surface area (Å²) in [6, 6.07) is 9.90. The van der Waals surface area contributed by atoms with Crippen LogP contribution in [0, 0.1) is 0 Å². The molecule has 4 nitrogen and oxygen atoms in total. The van der Waals surface area contributed by atoms with Crippen LogP contribution < -0.4 is 0 Å². The van der Waals surface area contributed by atoms with Crippen molar-refractivity contribution in [2.45, 2.75) is 31.8 Å². The number of likely N-dealkylation sites (tertiary alicyclic amines) is 1. The zero-order chi connectivity index (χ0) is 13.1. The van der Waals surface area contributed by atoms with Gasteiger partial charge in [-0.15, -0.1) is 0 Å². The number of hydrogen-bond acceptors (Lipinski definition) is 3. The number of rotatable bonds is 2. The Bertz CT molecular complexity index is 478. The van der Waals surface area contributed by atoms with Crippen molar-refractivity contribution in [2.75, 3.05) is 13.1 Å². The number of piperidine rings is 1. The molecular formula is C15H18N2O2. The number of carbonyl (C=O) groups excluding carboxylic acids is 1. The first-order valence-corrected chi connectivity index (χ1v) is 6.91. The fraction of sp³-hybridized carbons (Fsp3) is 0.467. The van der Waals surface area contributed by atoms with E-state index in [1.165, 1.54) is 6.42 Å². The molecule has 4 heteroatoms. The highest BCUT2D eigenvalue weighted by atomic mass is 16.6. The summed E-state index contributed by atoms with van der Waals surface area (Å²) in [4.78, 5) is 19.6. The van der Waals surface area contributed by atoms with E-state index in [4.69, 9.17) is 4.84 Å². The second-order valence-electron chi connectivity index (χ2n) is 5.09. The lowest BCUT2D eigenvalue weighted by Crippen LogP contribution is -2.42. The molecule has 0 saturated carbocycles. The molecule has 3 rings (SSSR count). The first kappa shape index (κ1) is 12.2. The summed E-state index contributed by atoms with van der Waals surface area (Å²) in [5.74, 6) is 0.0920. The third-order valence-electron chi connectivity index (χ3n) is 3.72. The number of oxime groups is 1. The molecule has 2 aliphatic rings. The summed E-state index contributed by atoms with van der Waals surface area (Å²) in [6.45, 7) is 1.72. The summed E-state index contributed by atoms with van der Waals surface area (Å²) in [5.41, 5.74) is 1.91. The fourth-order valence-electron chi connectivity index (χ4n) is 2.63. The normalized spacial score (nSPS) is 22.8. The number of benzene rings is 1. The predicted octanol–water partition coefficient (Wildman–Crippen LogP) is 2.19. The standard InChI is InChI=1S/C15H18N2O2/c18-15(17-9-5-2-6-10-17)14-11-13(16-19-14)12-7-3-1-4-8-12/h1,3-4,7-8,14H,2,5-6,9-11H2/t14-/m1/s1. The molecule has 0 aliphatic carbocycles. The Morgan fingerprint density at radius 1 is 1.16 bits per heavy atom. The molecule has 0 bridgehead atoms. The molecule has 0 spiro atoms. The molecule has 2 aliphatic heterocycles. The molecule has 0 N–H and O–H groups in total. The molecule has 1 saturated heterocycles. The van der Waals surface area contributed by atoms with Crippen LogP contribution in [-0.4, -0.2) is 35.7 Å². The SMILES string of the molecule is O=C([C@H]1CC(c2ccccc2)=NO1)N1CCCCC1. The summed E-state index contributed by atoms with van der Waals surface area (Å²) < 4.78 is 0. The Morgan fingerprint density at radius 2 is 1.89 bits per heavy atom. The Hall–Kier alpha value is -1.84. The van der Waals surface area contributed by atoms with Crippen molar-refractivity contribution in [3.05, 3.63) is 35.9 Å². The first-order valence-electron chi connectivity index (χ1n) is 6.91. The van der Waals surface area contributed by atoms with Crippen LogP contribution >= 0.6 is 0 Å². The molecule has 1 aromatic rings. The van der Waals surface area contributed by atoms with Crippen LogP contribution in [0.25, 0.3) is 0 Å². The van der Waals surface area contributed by atoms with Gasteiger partial charge in [-0.05, 0) is 24.8 Å². The van der Waals surface area contributed by atoms with Crippen molar-refractivity contribution < 1.29 is 9.63 Å². The zero-order valence-corrected chi connectivity index (χ0v) is 10.9. The molecular weight excluding hydrogens is 240 g/mol. The van der Waals surface area contributed by atoms with E-state index >= 15 is 0 Å². The molecule has 0 radical (unpaired) electrons. The Kier molecular flexibility index (Phi) is 3.49. The minimum absolute atomic E-state index is 0.0920. The minimum Gasteiger partial charge on any atom is -0.382 e. The lowest BCUT2D eigenvalue weighted by molar-refractivity contribution is -0.143. The number of nitrogens with zero attached hydrogens (tertiary/aromatic N) is 2. The maximum atomic E-state index is 12.3. The molecule has 1 amide bonds. The second kappa shape index (κ2) is 5.43. The first-order chi connectivity index (χ1) is 9.34. The largest absolute Gasteiger partial charge is 0.382 e. The highest BCUT2D eigenvalue weighted by Crippen LogP contribution is 2.20. The molecule has 100 valence electrons. The van der Waals surface area contributed by atoms with E-state index in [9.17, 15) is 4.79 Å². The topological polar surface area (TPSA) is 41.9 Å². The van der Waals surface area contributed by atoms with E-state index in [2.05, 4.69) is 5.16 Å². The third kappa shape index (κ3) is 2.62. The Morgan fingerprint density at radius 3 is 2.63 bits per heavy atom. The van der Waals surface area contributed by atoms with E-state index in [0.29, 0.717) is 6.42 Å². The van der Waals surface area contributed by atoms with Gasteiger partial charge in [0, 0.05) is 19.5 Å². The molecule has 0 aromatic heterocycles. The van der Waals surface area contributed by atoms with Gasteiger partial charge in [0.15, 0.2) is 0 Å². The van der Waals surface area contributed by atoms with E-state index in [1.54, 1.807) is 0 Å². The molecule has 19 heavy (non-hydrogen) atoms. The predicted molar refractivity (Wildman–Crippen MR) is 72.9 cm³/mol.